The standard InChI is InChI=1S/C23H25F3O2/c1-2-14-3-4-17(23(26)22(14)25)12-27-18-8-5-15(6-9-18)16-7-10-19(20(24)11-16)21-13-28-21/h3-4,7,10-11,15,18,21H,2,5-6,8-9,12-13H2,1H3. The van der Waals surface area contributed by atoms with Crippen LogP contribution in [0.3, 0.4) is 0 Å². The lowest BCUT2D eigenvalue weighted by molar-refractivity contribution is 0.0118. The molecule has 2 aromatic carbocycles. The van der Waals surface area contributed by atoms with Gasteiger partial charge in [-0.3, -0.25) is 0 Å². The zero-order chi connectivity index (χ0) is 19.7. The molecule has 0 N–H and O–H groups in total. The average Bonchev–Trinajstić information content (AvgIpc) is 3.55. The third-order valence-corrected chi connectivity index (χ3v) is 5.95. The van der Waals surface area contributed by atoms with Crippen molar-refractivity contribution in [1.29, 1.82) is 0 Å². The molecule has 4 rings (SSSR count). The second kappa shape index (κ2) is 8.26. The summed E-state index contributed by atoms with van der Waals surface area (Å²) in [5, 5.41) is 0. The van der Waals surface area contributed by atoms with Crippen LogP contribution in [0.15, 0.2) is 30.3 Å². The predicted molar refractivity (Wildman–Crippen MR) is 101 cm³/mol. The maximum atomic E-state index is 14.2. The van der Waals surface area contributed by atoms with Gasteiger partial charge in [0.1, 0.15) is 11.9 Å². The lowest BCUT2D eigenvalue weighted by atomic mass is 9.82. The molecule has 2 aliphatic rings. The summed E-state index contributed by atoms with van der Waals surface area (Å²) in [6.45, 7) is 2.47. The third-order valence-electron chi connectivity index (χ3n) is 5.95. The van der Waals surface area contributed by atoms with Crippen LogP contribution in [0.5, 0.6) is 0 Å². The average molecular weight is 390 g/mol. The van der Waals surface area contributed by atoms with E-state index in [1.54, 1.807) is 25.1 Å². The van der Waals surface area contributed by atoms with E-state index in [1.165, 1.54) is 0 Å². The minimum Gasteiger partial charge on any atom is -0.373 e. The number of hydrogen-bond donors (Lipinski definition) is 0. The van der Waals surface area contributed by atoms with Gasteiger partial charge in [0.25, 0.3) is 0 Å². The van der Waals surface area contributed by atoms with Gasteiger partial charge in [0.2, 0.25) is 0 Å². The zero-order valence-electron chi connectivity index (χ0n) is 16.0. The van der Waals surface area contributed by atoms with Crippen LogP contribution >= 0.6 is 0 Å². The quantitative estimate of drug-likeness (QED) is 0.566. The van der Waals surface area contributed by atoms with Gasteiger partial charge >= 0.3 is 0 Å². The molecule has 1 atom stereocenters. The predicted octanol–water partition coefficient (Wildman–Crippen LogP) is 5.98. The van der Waals surface area contributed by atoms with Crippen LogP contribution in [0.1, 0.15) is 66.9 Å². The highest BCUT2D eigenvalue weighted by Crippen LogP contribution is 2.37. The summed E-state index contributed by atoms with van der Waals surface area (Å²) >= 11 is 0. The summed E-state index contributed by atoms with van der Waals surface area (Å²) in [6, 6.07) is 8.70. The molecule has 150 valence electrons. The van der Waals surface area contributed by atoms with Crippen molar-refractivity contribution in [3.63, 3.8) is 0 Å². The highest BCUT2D eigenvalue weighted by molar-refractivity contribution is 5.30. The van der Waals surface area contributed by atoms with Crippen LogP contribution in [0.4, 0.5) is 13.2 Å². The summed E-state index contributed by atoms with van der Waals surface area (Å²) in [5.74, 6) is -1.45. The Morgan fingerprint density at radius 2 is 1.64 bits per heavy atom. The number of halogens is 3. The van der Waals surface area contributed by atoms with Gasteiger partial charge in [-0.05, 0) is 55.2 Å². The summed E-state index contributed by atoms with van der Waals surface area (Å²) in [6.07, 6.45) is 3.87. The second-order valence-corrected chi connectivity index (χ2v) is 7.75. The van der Waals surface area contributed by atoms with E-state index in [1.807, 2.05) is 12.1 Å². The van der Waals surface area contributed by atoms with Gasteiger partial charge in [0.05, 0.1) is 19.3 Å². The molecule has 1 unspecified atom stereocenters. The van der Waals surface area contributed by atoms with E-state index in [9.17, 15) is 13.2 Å². The molecule has 1 saturated carbocycles. The Labute approximate surface area is 163 Å². The number of benzene rings is 2. The van der Waals surface area contributed by atoms with E-state index in [2.05, 4.69) is 0 Å². The highest BCUT2D eigenvalue weighted by Gasteiger charge is 2.29. The molecule has 0 aromatic heterocycles. The SMILES string of the molecule is CCc1ccc(COC2CCC(c3ccc(C4CO4)c(F)c3)CC2)c(F)c1F. The summed E-state index contributed by atoms with van der Waals surface area (Å²) in [5.41, 5.74) is 2.30. The van der Waals surface area contributed by atoms with Gasteiger partial charge in [-0.15, -0.1) is 0 Å². The number of aryl methyl sites for hydroxylation is 1. The maximum Gasteiger partial charge on any atom is 0.164 e. The molecular weight excluding hydrogens is 365 g/mol. The fourth-order valence-electron chi connectivity index (χ4n) is 4.07. The molecule has 1 heterocycles. The molecule has 5 heteroatoms. The Balaban J connectivity index is 1.31. The molecule has 1 aliphatic heterocycles. The zero-order valence-corrected chi connectivity index (χ0v) is 16.0. The first-order valence-corrected chi connectivity index (χ1v) is 10.0. The lowest BCUT2D eigenvalue weighted by Crippen LogP contribution is -2.21. The van der Waals surface area contributed by atoms with Gasteiger partial charge in [-0.25, -0.2) is 13.2 Å². The summed E-state index contributed by atoms with van der Waals surface area (Å²) in [4.78, 5) is 0. The van der Waals surface area contributed by atoms with Gasteiger partial charge in [0.15, 0.2) is 11.6 Å². The minimum absolute atomic E-state index is 0.0218. The van der Waals surface area contributed by atoms with Gasteiger partial charge < -0.3 is 9.47 Å². The van der Waals surface area contributed by atoms with Crippen molar-refractivity contribution in [2.45, 2.75) is 63.8 Å². The van der Waals surface area contributed by atoms with Crippen LogP contribution in [0.25, 0.3) is 0 Å². The van der Waals surface area contributed by atoms with E-state index < -0.39 is 11.6 Å². The Morgan fingerprint density at radius 1 is 0.964 bits per heavy atom. The van der Waals surface area contributed by atoms with Crippen molar-refractivity contribution in [3.05, 3.63) is 70.0 Å². The Kier molecular flexibility index (Phi) is 5.74. The Bertz CT molecular complexity index is 840. The first-order valence-electron chi connectivity index (χ1n) is 10.0. The minimum atomic E-state index is -0.803. The molecule has 0 bridgehead atoms. The van der Waals surface area contributed by atoms with Crippen molar-refractivity contribution < 1.29 is 22.6 Å². The number of epoxide rings is 1. The van der Waals surface area contributed by atoms with Crippen LogP contribution in [-0.2, 0) is 22.5 Å². The van der Waals surface area contributed by atoms with Crippen molar-refractivity contribution >= 4 is 0 Å². The maximum absolute atomic E-state index is 14.2. The summed E-state index contributed by atoms with van der Waals surface area (Å²) < 4.78 is 53.3. The molecule has 2 fully saturated rings. The van der Waals surface area contributed by atoms with Gasteiger partial charge in [-0.2, -0.15) is 0 Å². The van der Waals surface area contributed by atoms with E-state index in [4.69, 9.17) is 9.47 Å². The van der Waals surface area contributed by atoms with Crippen LogP contribution in [0, 0.1) is 17.5 Å². The molecule has 1 saturated heterocycles. The molecular formula is C23H25F3O2. The monoisotopic (exact) mass is 390 g/mol. The van der Waals surface area contributed by atoms with Crippen LogP contribution in [-0.4, -0.2) is 12.7 Å². The number of hydrogen-bond acceptors (Lipinski definition) is 2. The molecule has 0 amide bonds. The van der Waals surface area contributed by atoms with Crippen molar-refractivity contribution in [2.75, 3.05) is 6.61 Å². The molecule has 0 radical (unpaired) electrons. The van der Waals surface area contributed by atoms with E-state index in [0.717, 1.165) is 31.2 Å². The molecule has 2 nitrogen and oxygen atoms in total. The number of ether oxygens (including phenoxy) is 2. The van der Waals surface area contributed by atoms with Crippen LogP contribution in [0.2, 0.25) is 0 Å². The normalized spacial score (nSPS) is 24.4. The Morgan fingerprint density at radius 3 is 2.29 bits per heavy atom. The molecule has 0 spiro atoms. The topological polar surface area (TPSA) is 21.8 Å². The largest absolute Gasteiger partial charge is 0.373 e. The van der Waals surface area contributed by atoms with Gasteiger partial charge in [-0.1, -0.05) is 31.2 Å². The molecule has 28 heavy (non-hydrogen) atoms. The van der Waals surface area contributed by atoms with E-state index in [-0.39, 0.29) is 30.2 Å². The van der Waals surface area contributed by atoms with Crippen molar-refractivity contribution in [1.82, 2.24) is 0 Å². The molecule has 2 aromatic rings. The second-order valence-electron chi connectivity index (χ2n) is 7.75. The first kappa shape index (κ1) is 19.5. The smallest absolute Gasteiger partial charge is 0.164 e. The van der Waals surface area contributed by atoms with E-state index in [0.29, 0.717) is 30.1 Å². The van der Waals surface area contributed by atoms with Crippen molar-refractivity contribution in [2.24, 2.45) is 0 Å². The Hall–Kier alpha value is -1.85. The first-order chi connectivity index (χ1) is 13.6. The highest BCUT2D eigenvalue weighted by atomic mass is 19.2. The third kappa shape index (κ3) is 4.11. The number of rotatable bonds is 6. The lowest BCUT2D eigenvalue weighted by Gasteiger charge is -2.29. The summed E-state index contributed by atoms with van der Waals surface area (Å²) in [7, 11) is 0. The van der Waals surface area contributed by atoms with Crippen molar-refractivity contribution in [3.8, 4) is 0 Å². The molecule has 1 aliphatic carbocycles. The fraction of sp³-hybridized carbons (Fsp3) is 0.478. The van der Waals surface area contributed by atoms with E-state index >= 15 is 0 Å². The van der Waals surface area contributed by atoms with Gasteiger partial charge in [0, 0.05) is 11.1 Å². The fourth-order valence-corrected chi connectivity index (χ4v) is 4.07. The van der Waals surface area contributed by atoms with Crippen LogP contribution < -0.4 is 0 Å².